The number of aryl methyl sites for hydroxylation is 2. The summed E-state index contributed by atoms with van der Waals surface area (Å²) in [5.41, 5.74) is 7.07. The van der Waals surface area contributed by atoms with Gasteiger partial charge >= 0.3 is 0 Å². The highest BCUT2D eigenvalue weighted by Crippen LogP contribution is 2.30. The molecule has 0 saturated carbocycles. The predicted octanol–water partition coefficient (Wildman–Crippen LogP) is 8.87. The Morgan fingerprint density at radius 3 is 1.56 bits per heavy atom. The molecule has 4 rings (SSSR count). The fourth-order valence-corrected chi connectivity index (χ4v) is 4.12. The van der Waals surface area contributed by atoms with Crippen LogP contribution in [0, 0.1) is 11.6 Å². The Kier molecular flexibility index (Phi) is 6.80. The Bertz CT molecular complexity index is 1190. The maximum absolute atomic E-state index is 14.9. The van der Waals surface area contributed by atoms with Gasteiger partial charge in [-0.25, -0.2) is 8.78 Å². The average molecular weight is 427 g/mol. The normalized spacial score (nSPS) is 11.0. The van der Waals surface area contributed by atoms with Crippen molar-refractivity contribution in [1.82, 2.24) is 0 Å². The lowest BCUT2D eigenvalue weighted by atomic mass is 9.96. The van der Waals surface area contributed by atoms with Crippen molar-refractivity contribution >= 4 is 0 Å². The molecule has 4 aromatic rings. The van der Waals surface area contributed by atoms with Gasteiger partial charge in [0.2, 0.25) is 0 Å². The zero-order valence-electron chi connectivity index (χ0n) is 18.7. The highest BCUT2D eigenvalue weighted by atomic mass is 19.1. The van der Waals surface area contributed by atoms with Crippen LogP contribution in [-0.2, 0) is 12.8 Å². The number of rotatable bonds is 7. The molecule has 0 aromatic heterocycles. The molecular weight excluding hydrogens is 398 g/mol. The van der Waals surface area contributed by atoms with E-state index in [2.05, 4.69) is 43.3 Å². The zero-order chi connectivity index (χ0) is 22.5. The molecule has 0 saturated heterocycles. The molecule has 0 aliphatic carbocycles. The average Bonchev–Trinajstić information content (AvgIpc) is 2.81. The molecule has 4 aromatic carbocycles. The van der Waals surface area contributed by atoms with Crippen LogP contribution in [0.5, 0.6) is 0 Å². The lowest BCUT2D eigenvalue weighted by molar-refractivity contribution is 0.607. The van der Waals surface area contributed by atoms with E-state index in [1.54, 1.807) is 18.2 Å². The first-order chi connectivity index (χ1) is 15.6. The van der Waals surface area contributed by atoms with Crippen molar-refractivity contribution in [3.63, 3.8) is 0 Å². The van der Waals surface area contributed by atoms with Gasteiger partial charge in [0.25, 0.3) is 0 Å². The van der Waals surface area contributed by atoms with Gasteiger partial charge in [-0.2, -0.15) is 0 Å². The molecule has 0 unspecified atom stereocenters. The largest absolute Gasteiger partial charge is 0.207 e. The van der Waals surface area contributed by atoms with Gasteiger partial charge in [0, 0.05) is 5.56 Å². The topological polar surface area (TPSA) is 0 Å². The summed E-state index contributed by atoms with van der Waals surface area (Å²) < 4.78 is 29.2. The minimum Gasteiger partial charge on any atom is -0.207 e. The van der Waals surface area contributed by atoms with Gasteiger partial charge in [0.1, 0.15) is 11.6 Å². The van der Waals surface area contributed by atoms with Crippen LogP contribution in [0.15, 0.2) is 84.9 Å². The second-order valence-electron chi connectivity index (χ2n) is 8.28. The third-order valence-corrected chi connectivity index (χ3v) is 5.90. The lowest BCUT2D eigenvalue weighted by Gasteiger charge is -2.10. The van der Waals surface area contributed by atoms with E-state index in [1.807, 2.05) is 25.1 Å². The summed E-state index contributed by atoms with van der Waals surface area (Å²) in [7, 11) is 0. The third-order valence-electron chi connectivity index (χ3n) is 5.90. The summed E-state index contributed by atoms with van der Waals surface area (Å²) in [4.78, 5) is 0. The van der Waals surface area contributed by atoms with Gasteiger partial charge in [-0.3, -0.25) is 0 Å². The van der Waals surface area contributed by atoms with Crippen LogP contribution in [0.3, 0.4) is 0 Å². The van der Waals surface area contributed by atoms with Crippen molar-refractivity contribution in [2.45, 2.75) is 39.5 Å². The quantitative estimate of drug-likeness (QED) is 0.277. The molecule has 2 heteroatoms. The molecule has 0 N–H and O–H groups in total. The smallest absolute Gasteiger partial charge is 0.131 e. The van der Waals surface area contributed by atoms with Crippen LogP contribution < -0.4 is 0 Å². The van der Waals surface area contributed by atoms with Crippen molar-refractivity contribution in [2.75, 3.05) is 0 Å². The Hall–Kier alpha value is -3.26. The van der Waals surface area contributed by atoms with E-state index in [0.717, 1.165) is 36.0 Å². The Labute approximate surface area is 189 Å². The van der Waals surface area contributed by atoms with Gasteiger partial charge in [0.15, 0.2) is 0 Å². The molecule has 162 valence electrons. The van der Waals surface area contributed by atoms with Crippen LogP contribution in [0.2, 0.25) is 0 Å². The minimum absolute atomic E-state index is 0.272. The molecule has 32 heavy (non-hydrogen) atoms. The molecule has 0 nitrogen and oxygen atoms in total. The minimum atomic E-state index is -0.347. The first kappa shape index (κ1) is 22.0. The molecule has 0 aliphatic rings. The van der Waals surface area contributed by atoms with Gasteiger partial charge in [-0.15, -0.1) is 0 Å². The second-order valence-corrected chi connectivity index (χ2v) is 8.28. The highest BCUT2D eigenvalue weighted by Gasteiger charge is 2.10. The number of hydrogen-bond acceptors (Lipinski definition) is 0. The summed E-state index contributed by atoms with van der Waals surface area (Å²) in [5.74, 6) is -0.619. The third kappa shape index (κ3) is 4.80. The maximum atomic E-state index is 14.9. The van der Waals surface area contributed by atoms with Crippen LogP contribution in [-0.4, -0.2) is 0 Å². The fourth-order valence-electron chi connectivity index (χ4n) is 4.12. The van der Waals surface area contributed by atoms with Crippen molar-refractivity contribution < 1.29 is 8.78 Å². The monoisotopic (exact) mass is 426 g/mol. The highest BCUT2D eigenvalue weighted by molar-refractivity contribution is 5.74. The second kappa shape index (κ2) is 9.91. The number of benzene rings is 4. The molecule has 0 atom stereocenters. The van der Waals surface area contributed by atoms with Gasteiger partial charge in [-0.1, -0.05) is 99.5 Å². The summed E-state index contributed by atoms with van der Waals surface area (Å²) in [6, 6.07) is 27.0. The molecule has 0 aliphatic heterocycles. The summed E-state index contributed by atoms with van der Waals surface area (Å²) in [5, 5.41) is 0. The Morgan fingerprint density at radius 1 is 0.500 bits per heavy atom. The molecule has 0 bridgehead atoms. The molecule has 0 fully saturated rings. The van der Waals surface area contributed by atoms with Crippen molar-refractivity contribution in [2.24, 2.45) is 0 Å². The Morgan fingerprint density at radius 2 is 1.00 bits per heavy atom. The summed E-state index contributed by atoms with van der Waals surface area (Å²) in [6.45, 7) is 4.20. The number of hydrogen-bond donors (Lipinski definition) is 0. The van der Waals surface area contributed by atoms with Gasteiger partial charge < -0.3 is 0 Å². The van der Waals surface area contributed by atoms with Gasteiger partial charge in [-0.05, 0) is 63.9 Å². The van der Waals surface area contributed by atoms with Crippen LogP contribution in [0.4, 0.5) is 8.78 Å². The SMILES string of the molecule is CCCc1ccc(-c2ccc(-c3ccc(-c4ccc(CCC)c(F)c4)c(F)c3)cc2)cc1. The molecule has 0 spiro atoms. The van der Waals surface area contributed by atoms with Crippen LogP contribution in [0.1, 0.15) is 37.8 Å². The van der Waals surface area contributed by atoms with E-state index in [0.29, 0.717) is 23.1 Å². The lowest BCUT2D eigenvalue weighted by Crippen LogP contribution is -1.92. The van der Waals surface area contributed by atoms with Crippen LogP contribution >= 0.6 is 0 Å². The van der Waals surface area contributed by atoms with E-state index < -0.39 is 0 Å². The summed E-state index contributed by atoms with van der Waals surface area (Å²) in [6.07, 6.45) is 3.80. The first-order valence-corrected chi connectivity index (χ1v) is 11.4. The first-order valence-electron chi connectivity index (χ1n) is 11.4. The zero-order valence-corrected chi connectivity index (χ0v) is 18.7. The number of halogens is 2. The standard InChI is InChI=1S/C30H28F2/c1-3-5-21-7-9-22(10-8-21)23-11-13-24(14-12-23)26-17-18-28(30(32)19-26)27-16-15-25(6-4-2)29(31)20-27/h7-20H,3-6H2,1-2H3. The Balaban J connectivity index is 1.56. The maximum Gasteiger partial charge on any atom is 0.131 e. The summed E-state index contributed by atoms with van der Waals surface area (Å²) >= 11 is 0. The van der Waals surface area contributed by atoms with Crippen molar-refractivity contribution in [1.29, 1.82) is 0 Å². The van der Waals surface area contributed by atoms with Crippen molar-refractivity contribution in [3.05, 3.63) is 108 Å². The van der Waals surface area contributed by atoms with E-state index in [1.165, 1.54) is 23.3 Å². The van der Waals surface area contributed by atoms with E-state index in [9.17, 15) is 8.78 Å². The molecule has 0 heterocycles. The van der Waals surface area contributed by atoms with Crippen molar-refractivity contribution in [3.8, 4) is 33.4 Å². The fraction of sp³-hybridized carbons (Fsp3) is 0.200. The van der Waals surface area contributed by atoms with Crippen LogP contribution in [0.25, 0.3) is 33.4 Å². The van der Waals surface area contributed by atoms with Gasteiger partial charge in [0.05, 0.1) is 0 Å². The molecular formula is C30H28F2. The van der Waals surface area contributed by atoms with E-state index >= 15 is 0 Å². The van der Waals surface area contributed by atoms with E-state index in [4.69, 9.17) is 0 Å². The predicted molar refractivity (Wildman–Crippen MR) is 131 cm³/mol. The molecule has 0 radical (unpaired) electrons. The molecule has 0 amide bonds. The van der Waals surface area contributed by atoms with E-state index in [-0.39, 0.29) is 11.6 Å².